The molecule has 1 rings (SSSR count). The molecule has 16 heavy (non-hydrogen) atoms. The van der Waals surface area contributed by atoms with E-state index < -0.39 is 0 Å². The maximum absolute atomic E-state index is 5.61. The van der Waals surface area contributed by atoms with Gasteiger partial charge >= 0.3 is 0 Å². The van der Waals surface area contributed by atoms with Crippen molar-refractivity contribution in [2.45, 2.75) is 26.3 Å². The van der Waals surface area contributed by atoms with Gasteiger partial charge in [0.2, 0.25) is 0 Å². The molecule has 0 aliphatic heterocycles. The zero-order chi connectivity index (χ0) is 11.6. The van der Waals surface area contributed by atoms with Crippen LogP contribution in [0.1, 0.15) is 25.5 Å². The van der Waals surface area contributed by atoms with E-state index in [1.807, 2.05) is 18.2 Å². The largest absolute Gasteiger partial charge is 0.493 e. The molecule has 0 amide bonds. The van der Waals surface area contributed by atoms with Crippen LogP contribution in [0.4, 0.5) is 0 Å². The maximum atomic E-state index is 5.61. The van der Waals surface area contributed by atoms with Crippen molar-refractivity contribution >= 4 is 0 Å². The molecule has 0 radical (unpaired) electrons. The smallest absolute Gasteiger partial charge is 0.122 e. The molecule has 1 N–H and O–H groups in total. The molecular formula is C13H20N2O. The molecule has 0 unspecified atom stereocenters. The quantitative estimate of drug-likeness (QED) is 0.540. The molecule has 0 fully saturated rings. The summed E-state index contributed by atoms with van der Waals surface area (Å²) in [5.74, 6) is 0.895. The number of aromatic nitrogens is 1. The van der Waals surface area contributed by atoms with Gasteiger partial charge in [-0.2, -0.15) is 0 Å². The van der Waals surface area contributed by atoms with E-state index in [9.17, 15) is 0 Å². The lowest BCUT2D eigenvalue weighted by Crippen LogP contribution is -2.12. The summed E-state index contributed by atoms with van der Waals surface area (Å²) in [6.45, 7) is 8.23. The Morgan fingerprint density at radius 1 is 1.56 bits per heavy atom. The number of rotatable bonds is 8. The molecule has 0 spiro atoms. The van der Waals surface area contributed by atoms with Crippen LogP contribution in [0.5, 0.6) is 5.75 Å². The van der Waals surface area contributed by atoms with Gasteiger partial charge in [0, 0.05) is 18.8 Å². The third-order valence-electron chi connectivity index (χ3n) is 2.17. The summed E-state index contributed by atoms with van der Waals surface area (Å²) in [5, 5.41) is 3.24. The Labute approximate surface area is 97.5 Å². The second kappa shape index (κ2) is 7.88. The van der Waals surface area contributed by atoms with E-state index in [2.05, 4.69) is 23.8 Å². The Morgan fingerprint density at radius 3 is 3.19 bits per heavy atom. The normalized spacial score (nSPS) is 10.1. The van der Waals surface area contributed by atoms with Gasteiger partial charge in [0.25, 0.3) is 0 Å². The summed E-state index contributed by atoms with van der Waals surface area (Å²) < 4.78 is 5.61. The van der Waals surface area contributed by atoms with E-state index in [4.69, 9.17) is 4.74 Å². The summed E-state index contributed by atoms with van der Waals surface area (Å²) in [6.07, 6.45) is 5.70. The van der Waals surface area contributed by atoms with Crippen molar-refractivity contribution in [3.63, 3.8) is 0 Å². The third-order valence-corrected chi connectivity index (χ3v) is 2.17. The van der Waals surface area contributed by atoms with Gasteiger partial charge in [0.05, 0.1) is 12.3 Å². The second-order valence-corrected chi connectivity index (χ2v) is 3.54. The molecule has 1 aromatic heterocycles. The van der Waals surface area contributed by atoms with Gasteiger partial charge in [-0.1, -0.05) is 13.0 Å². The van der Waals surface area contributed by atoms with Crippen molar-refractivity contribution in [2.24, 2.45) is 0 Å². The highest BCUT2D eigenvalue weighted by Crippen LogP contribution is 2.11. The molecule has 3 nitrogen and oxygen atoms in total. The van der Waals surface area contributed by atoms with Crippen molar-refractivity contribution in [3.05, 3.63) is 36.7 Å². The van der Waals surface area contributed by atoms with Crippen LogP contribution in [-0.2, 0) is 6.54 Å². The number of allylic oxidation sites excluding steroid dienone is 1. The summed E-state index contributed by atoms with van der Waals surface area (Å²) >= 11 is 0. The average molecular weight is 220 g/mol. The van der Waals surface area contributed by atoms with Gasteiger partial charge in [-0.25, -0.2) is 0 Å². The number of nitrogens with one attached hydrogen (secondary N) is 1. The van der Waals surface area contributed by atoms with Crippen LogP contribution in [0.25, 0.3) is 0 Å². The number of nitrogens with zero attached hydrogens (tertiary/aromatic N) is 1. The molecule has 0 aromatic carbocycles. The topological polar surface area (TPSA) is 34.1 Å². The standard InChI is InChI=1S/C13H20N2O/c1-3-5-6-9-16-13-7-8-15-12(10-13)11-14-4-2/h3,7-8,10,14H,1,4-6,9,11H2,2H3. The molecular weight excluding hydrogens is 200 g/mol. The first-order chi connectivity index (χ1) is 7.86. The first kappa shape index (κ1) is 12.7. The van der Waals surface area contributed by atoms with Crippen molar-refractivity contribution in [1.29, 1.82) is 0 Å². The van der Waals surface area contributed by atoms with Crippen molar-refractivity contribution in [1.82, 2.24) is 10.3 Å². The number of pyridine rings is 1. The van der Waals surface area contributed by atoms with Gasteiger partial charge in [0.1, 0.15) is 5.75 Å². The summed E-state index contributed by atoms with van der Waals surface area (Å²) in [7, 11) is 0. The van der Waals surface area contributed by atoms with Gasteiger partial charge in [-0.3, -0.25) is 4.98 Å². The lowest BCUT2D eigenvalue weighted by molar-refractivity contribution is 0.311. The highest BCUT2D eigenvalue weighted by molar-refractivity contribution is 5.22. The predicted octanol–water partition coefficient (Wildman–Crippen LogP) is 2.54. The van der Waals surface area contributed by atoms with E-state index in [-0.39, 0.29) is 0 Å². The molecule has 0 bridgehead atoms. The van der Waals surface area contributed by atoms with Crippen LogP contribution in [0.2, 0.25) is 0 Å². The van der Waals surface area contributed by atoms with Gasteiger partial charge in [-0.15, -0.1) is 6.58 Å². The molecule has 0 aliphatic carbocycles. The molecule has 0 atom stereocenters. The minimum Gasteiger partial charge on any atom is -0.493 e. The Balaban J connectivity index is 2.37. The van der Waals surface area contributed by atoms with Crippen LogP contribution >= 0.6 is 0 Å². The van der Waals surface area contributed by atoms with E-state index in [1.54, 1.807) is 6.20 Å². The molecule has 0 saturated heterocycles. The summed E-state index contributed by atoms with van der Waals surface area (Å²) in [4.78, 5) is 4.26. The molecule has 3 heteroatoms. The zero-order valence-corrected chi connectivity index (χ0v) is 9.91. The van der Waals surface area contributed by atoms with Gasteiger partial charge in [0.15, 0.2) is 0 Å². The van der Waals surface area contributed by atoms with E-state index in [0.29, 0.717) is 0 Å². The first-order valence-electron chi connectivity index (χ1n) is 5.76. The minimum absolute atomic E-state index is 0.733. The van der Waals surface area contributed by atoms with Gasteiger partial charge in [-0.05, 0) is 25.5 Å². The van der Waals surface area contributed by atoms with Crippen molar-refractivity contribution in [3.8, 4) is 5.75 Å². The fourth-order valence-electron chi connectivity index (χ4n) is 1.31. The average Bonchev–Trinajstić information content (AvgIpc) is 2.33. The maximum Gasteiger partial charge on any atom is 0.122 e. The lowest BCUT2D eigenvalue weighted by Gasteiger charge is -2.07. The highest BCUT2D eigenvalue weighted by atomic mass is 16.5. The summed E-state index contributed by atoms with van der Waals surface area (Å²) in [5.41, 5.74) is 1.02. The minimum atomic E-state index is 0.733. The zero-order valence-electron chi connectivity index (χ0n) is 9.91. The Kier molecular flexibility index (Phi) is 6.26. The third kappa shape index (κ3) is 4.94. The van der Waals surface area contributed by atoms with Crippen LogP contribution < -0.4 is 10.1 Å². The Hall–Kier alpha value is -1.35. The van der Waals surface area contributed by atoms with Gasteiger partial charge < -0.3 is 10.1 Å². The molecule has 88 valence electrons. The van der Waals surface area contributed by atoms with Crippen molar-refractivity contribution in [2.75, 3.05) is 13.2 Å². The fraction of sp³-hybridized carbons (Fsp3) is 0.462. The monoisotopic (exact) mass is 220 g/mol. The number of ether oxygens (including phenoxy) is 1. The molecule has 0 saturated carbocycles. The number of unbranched alkanes of at least 4 members (excludes halogenated alkanes) is 1. The van der Waals surface area contributed by atoms with Crippen LogP contribution in [0, 0.1) is 0 Å². The SMILES string of the molecule is C=CCCCOc1ccnc(CNCC)c1. The highest BCUT2D eigenvalue weighted by Gasteiger charge is 1.97. The van der Waals surface area contributed by atoms with E-state index in [0.717, 1.165) is 44.0 Å². The summed E-state index contributed by atoms with van der Waals surface area (Å²) in [6, 6.07) is 3.87. The Bertz CT molecular complexity index is 313. The van der Waals surface area contributed by atoms with E-state index >= 15 is 0 Å². The molecule has 0 aliphatic rings. The predicted molar refractivity (Wildman–Crippen MR) is 66.5 cm³/mol. The number of hydrogen-bond acceptors (Lipinski definition) is 3. The molecule has 1 aromatic rings. The lowest BCUT2D eigenvalue weighted by atomic mass is 10.3. The second-order valence-electron chi connectivity index (χ2n) is 3.54. The Morgan fingerprint density at radius 2 is 2.44 bits per heavy atom. The van der Waals surface area contributed by atoms with Crippen LogP contribution in [-0.4, -0.2) is 18.1 Å². The van der Waals surface area contributed by atoms with Crippen LogP contribution in [0.3, 0.4) is 0 Å². The van der Waals surface area contributed by atoms with Crippen LogP contribution in [0.15, 0.2) is 31.0 Å². The first-order valence-corrected chi connectivity index (χ1v) is 5.76. The fourth-order valence-corrected chi connectivity index (χ4v) is 1.31. The molecule has 1 heterocycles. The number of hydrogen-bond donors (Lipinski definition) is 1. The van der Waals surface area contributed by atoms with E-state index in [1.165, 1.54) is 0 Å². The van der Waals surface area contributed by atoms with Crippen molar-refractivity contribution < 1.29 is 4.74 Å².